The van der Waals surface area contributed by atoms with Gasteiger partial charge in [-0.25, -0.2) is 15.0 Å². The van der Waals surface area contributed by atoms with Crippen LogP contribution in [0.3, 0.4) is 0 Å². The van der Waals surface area contributed by atoms with Crippen molar-refractivity contribution >= 4 is 28.8 Å². The first kappa shape index (κ1) is 18.6. The molecule has 140 valence electrons. The molecule has 2 aromatic heterocycles. The highest BCUT2D eigenvalue weighted by Gasteiger charge is 2.08. The zero-order valence-corrected chi connectivity index (χ0v) is 17.0. The number of thiazole rings is 1. The van der Waals surface area contributed by atoms with Crippen molar-refractivity contribution in [1.82, 2.24) is 15.0 Å². The van der Waals surface area contributed by atoms with Crippen molar-refractivity contribution in [3.63, 3.8) is 0 Å². The number of hydrogen-bond acceptors (Lipinski definition) is 5. The van der Waals surface area contributed by atoms with Gasteiger partial charge < -0.3 is 5.32 Å². The summed E-state index contributed by atoms with van der Waals surface area (Å²) in [6.07, 6.45) is 0.749. The Labute approximate surface area is 173 Å². The van der Waals surface area contributed by atoms with Gasteiger partial charge in [-0.3, -0.25) is 0 Å². The average Bonchev–Trinajstić information content (AvgIpc) is 3.23. The third kappa shape index (κ3) is 4.38. The molecule has 1 N–H and O–H groups in total. The number of hydrogen-bond donors (Lipinski definition) is 1. The molecular formula is C22H19ClN4S. The van der Waals surface area contributed by atoms with Crippen molar-refractivity contribution in [1.29, 1.82) is 0 Å². The van der Waals surface area contributed by atoms with Gasteiger partial charge in [0.05, 0.1) is 5.69 Å². The number of nitrogens with zero attached hydrogens (tertiary/aromatic N) is 3. The number of halogens is 1. The summed E-state index contributed by atoms with van der Waals surface area (Å²) in [7, 11) is 0. The van der Waals surface area contributed by atoms with Crippen molar-refractivity contribution in [3.05, 3.63) is 82.6 Å². The molecule has 0 unspecified atom stereocenters. The Hall–Kier alpha value is -2.76. The lowest BCUT2D eigenvalue weighted by atomic mass is 10.1. The Balaban J connectivity index is 1.51. The maximum absolute atomic E-state index is 6.07. The highest BCUT2D eigenvalue weighted by molar-refractivity contribution is 7.13. The number of aryl methyl sites for hydroxylation is 1. The molecular weight excluding hydrogens is 388 g/mol. The Kier molecular flexibility index (Phi) is 5.65. The van der Waals surface area contributed by atoms with Crippen LogP contribution in [0, 0.1) is 0 Å². The van der Waals surface area contributed by atoms with E-state index in [1.165, 1.54) is 0 Å². The van der Waals surface area contributed by atoms with E-state index >= 15 is 0 Å². The Morgan fingerprint density at radius 3 is 2.57 bits per heavy atom. The summed E-state index contributed by atoms with van der Waals surface area (Å²) in [5.41, 5.74) is 4.41. The number of benzene rings is 2. The smallest absolute Gasteiger partial charge is 0.134 e. The monoisotopic (exact) mass is 406 g/mol. The molecule has 0 fully saturated rings. The first-order valence-electron chi connectivity index (χ1n) is 9.09. The second-order valence-corrected chi connectivity index (χ2v) is 7.55. The summed E-state index contributed by atoms with van der Waals surface area (Å²) in [6, 6.07) is 20.4. The summed E-state index contributed by atoms with van der Waals surface area (Å²) in [6.45, 7) is 2.66. The molecule has 0 saturated heterocycles. The zero-order valence-electron chi connectivity index (χ0n) is 15.4. The Bertz CT molecular complexity index is 1080. The topological polar surface area (TPSA) is 50.7 Å². The Morgan fingerprint density at radius 2 is 1.75 bits per heavy atom. The summed E-state index contributed by atoms with van der Waals surface area (Å²) in [4.78, 5) is 13.5. The molecule has 4 aromatic rings. The number of nitrogens with one attached hydrogen (secondary N) is 1. The average molecular weight is 407 g/mol. The van der Waals surface area contributed by atoms with Gasteiger partial charge in [0.2, 0.25) is 0 Å². The van der Waals surface area contributed by atoms with Crippen LogP contribution in [0.25, 0.3) is 21.8 Å². The lowest BCUT2D eigenvalue weighted by Crippen LogP contribution is -2.04. The molecule has 0 saturated carbocycles. The normalized spacial score (nSPS) is 10.8. The molecule has 28 heavy (non-hydrogen) atoms. The van der Waals surface area contributed by atoms with Crippen LogP contribution in [-0.4, -0.2) is 15.0 Å². The standard InChI is InChI=1S/C22H19ClN4S/c1-2-20-26-19(23)12-21(27-20)24-13-15-7-6-10-17(11-15)22-25-18(14-28-22)16-8-4-3-5-9-16/h3-12,14H,2,13H2,1H3,(H,24,26,27). The minimum Gasteiger partial charge on any atom is -0.366 e. The number of anilines is 1. The van der Waals surface area contributed by atoms with E-state index in [4.69, 9.17) is 16.6 Å². The molecule has 0 radical (unpaired) electrons. The minimum absolute atomic E-state index is 0.458. The molecule has 0 atom stereocenters. The predicted octanol–water partition coefficient (Wildman–Crippen LogP) is 6.10. The van der Waals surface area contributed by atoms with Crippen molar-refractivity contribution in [3.8, 4) is 21.8 Å². The number of rotatable bonds is 6. The molecule has 2 aromatic carbocycles. The quantitative estimate of drug-likeness (QED) is 0.393. The highest BCUT2D eigenvalue weighted by atomic mass is 35.5. The lowest BCUT2D eigenvalue weighted by molar-refractivity contribution is 0.933. The fraction of sp³-hybridized carbons (Fsp3) is 0.136. The van der Waals surface area contributed by atoms with Crippen LogP contribution in [0.4, 0.5) is 5.82 Å². The first-order chi connectivity index (χ1) is 13.7. The molecule has 0 bridgehead atoms. The van der Waals surface area contributed by atoms with E-state index in [2.05, 4.69) is 57.1 Å². The highest BCUT2D eigenvalue weighted by Crippen LogP contribution is 2.29. The molecule has 0 aliphatic rings. The van der Waals surface area contributed by atoms with Crippen LogP contribution in [0.5, 0.6) is 0 Å². The molecule has 4 rings (SSSR count). The van der Waals surface area contributed by atoms with Gasteiger partial charge in [-0.15, -0.1) is 11.3 Å². The van der Waals surface area contributed by atoms with E-state index < -0.39 is 0 Å². The van der Waals surface area contributed by atoms with Gasteiger partial charge in [0, 0.05) is 35.5 Å². The minimum atomic E-state index is 0.458. The zero-order chi connectivity index (χ0) is 19.3. The van der Waals surface area contributed by atoms with Crippen LogP contribution in [0.2, 0.25) is 5.15 Å². The molecule has 6 heteroatoms. The van der Waals surface area contributed by atoms with E-state index in [9.17, 15) is 0 Å². The molecule has 4 nitrogen and oxygen atoms in total. The van der Waals surface area contributed by atoms with Crippen molar-refractivity contribution in [2.45, 2.75) is 19.9 Å². The maximum atomic E-state index is 6.07. The summed E-state index contributed by atoms with van der Waals surface area (Å²) >= 11 is 7.73. The molecule has 0 aliphatic heterocycles. The van der Waals surface area contributed by atoms with Gasteiger partial charge in [-0.1, -0.05) is 67.1 Å². The SMILES string of the molecule is CCc1nc(Cl)cc(NCc2cccc(-c3nc(-c4ccccc4)cs3)c2)n1. The fourth-order valence-electron chi connectivity index (χ4n) is 2.87. The summed E-state index contributed by atoms with van der Waals surface area (Å²) in [5, 5.41) is 6.91. The van der Waals surface area contributed by atoms with Crippen molar-refractivity contribution in [2.75, 3.05) is 5.32 Å². The van der Waals surface area contributed by atoms with Crippen LogP contribution >= 0.6 is 22.9 Å². The van der Waals surface area contributed by atoms with E-state index in [0.29, 0.717) is 11.7 Å². The predicted molar refractivity (Wildman–Crippen MR) is 117 cm³/mol. The van der Waals surface area contributed by atoms with Crippen LogP contribution in [0.15, 0.2) is 66.0 Å². The molecule has 0 amide bonds. The van der Waals surface area contributed by atoms with Crippen molar-refractivity contribution in [2.24, 2.45) is 0 Å². The third-order valence-electron chi connectivity index (χ3n) is 4.28. The Morgan fingerprint density at radius 1 is 0.929 bits per heavy atom. The van der Waals surface area contributed by atoms with Crippen LogP contribution < -0.4 is 5.32 Å². The summed E-state index contributed by atoms with van der Waals surface area (Å²) in [5.74, 6) is 1.47. The fourth-order valence-corrected chi connectivity index (χ4v) is 3.90. The second kappa shape index (κ2) is 8.50. The van der Waals surface area contributed by atoms with E-state index in [1.54, 1.807) is 17.4 Å². The third-order valence-corrected chi connectivity index (χ3v) is 5.36. The second-order valence-electron chi connectivity index (χ2n) is 6.30. The van der Waals surface area contributed by atoms with Gasteiger partial charge in [0.15, 0.2) is 0 Å². The molecule has 2 heterocycles. The largest absolute Gasteiger partial charge is 0.366 e. The van der Waals surface area contributed by atoms with Gasteiger partial charge in [-0.05, 0) is 11.6 Å². The van der Waals surface area contributed by atoms with E-state index in [0.717, 1.165) is 45.5 Å². The van der Waals surface area contributed by atoms with Gasteiger partial charge in [-0.2, -0.15) is 0 Å². The lowest BCUT2D eigenvalue weighted by Gasteiger charge is -2.08. The molecule has 0 spiro atoms. The van der Waals surface area contributed by atoms with E-state index in [-0.39, 0.29) is 0 Å². The molecule has 0 aliphatic carbocycles. The maximum Gasteiger partial charge on any atom is 0.134 e. The first-order valence-corrected chi connectivity index (χ1v) is 10.3. The van der Waals surface area contributed by atoms with E-state index in [1.807, 2.05) is 25.1 Å². The number of aromatic nitrogens is 3. The van der Waals surface area contributed by atoms with Crippen LogP contribution in [-0.2, 0) is 13.0 Å². The van der Waals surface area contributed by atoms with Gasteiger partial charge >= 0.3 is 0 Å². The van der Waals surface area contributed by atoms with Crippen LogP contribution in [0.1, 0.15) is 18.3 Å². The summed E-state index contributed by atoms with van der Waals surface area (Å²) < 4.78 is 0. The van der Waals surface area contributed by atoms with Crippen molar-refractivity contribution < 1.29 is 0 Å². The van der Waals surface area contributed by atoms with Gasteiger partial charge in [0.25, 0.3) is 0 Å². The van der Waals surface area contributed by atoms with Gasteiger partial charge in [0.1, 0.15) is 21.8 Å².